The Morgan fingerprint density at radius 3 is 2.69 bits per heavy atom. The van der Waals surface area contributed by atoms with Gasteiger partial charge in [0.25, 0.3) is 10.0 Å². The molecule has 0 radical (unpaired) electrons. The summed E-state index contributed by atoms with van der Waals surface area (Å²) in [4.78, 5) is 15.5. The molecule has 13 heavy (non-hydrogen) atoms. The quantitative estimate of drug-likeness (QED) is 0.465. The number of nitrogens with two attached hydrogens (primary N) is 1. The van der Waals surface area contributed by atoms with Gasteiger partial charge in [-0.3, -0.25) is 4.98 Å². The van der Waals surface area contributed by atoms with Crippen molar-refractivity contribution in [3.05, 3.63) is 6.20 Å². The third-order valence-corrected chi connectivity index (χ3v) is 2.22. The zero-order valence-corrected chi connectivity index (χ0v) is 7.00. The average Bonchev–Trinajstić information content (AvgIpc) is 2.32. The molecule has 0 fully saturated rings. The van der Waals surface area contributed by atoms with Gasteiger partial charge in [-0.2, -0.15) is 8.42 Å². The first-order valence-electron chi connectivity index (χ1n) is 2.98. The highest BCUT2D eigenvalue weighted by Gasteiger charge is 2.19. The number of imidazole rings is 1. The molecule has 0 bridgehead atoms. The Morgan fingerprint density at radius 2 is 2.31 bits per heavy atom. The number of carbonyl (C=O) groups is 1. The number of urea groups is 1. The first kappa shape index (κ1) is 9.32. The molecule has 9 heteroatoms. The molecule has 0 spiro atoms. The van der Waals surface area contributed by atoms with Gasteiger partial charge in [0.1, 0.15) is 0 Å². The van der Waals surface area contributed by atoms with Crippen LogP contribution in [0.25, 0.3) is 0 Å². The van der Waals surface area contributed by atoms with Gasteiger partial charge in [0.05, 0.1) is 6.20 Å². The lowest BCUT2D eigenvalue weighted by Gasteiger charge is -1.98. The van der Waals surface area contributed by atoms with Crippen molar-refractivity contribution in [3.8, 4) is 5.88 Å². The summed E-state index contributed by atoms with van der Waals surface area (Å²) in [5.41, 5.74) is 4.59. The van der Waals surface area contributed by atoms with Crippen molar-refractivity contribution in [2.45, 2.75) is 5.16 Å². The second-order valence-electron chi connectivity index (χ2n) is 2.04. The number of H-pyrrole nitrogens is 1. The number of amides is 2. The maximum atomic E-state index is 11.0. The molecule has 1 heterocycles. The Bertz CT molecular complexity index is 421. The molecule has 0 saturated carbocycles. The Hall–Kier alpha value is -1.77. The third-order valence-electron chi connectivity index (χ3n) is 1.03. The number of carbonyl (C=O) groups excluding carboxylic acids is 1. The van der Waals surface area contributed by atoms with Gasteiger partial charge in [-0.25, -0.2) is 14.5 Å². The van der Waals surface area contributed by atoms with Gasteiger partial charge in [-0.05, 0) is 0 Å². The molecule has 1 aromatic rings. The van der Waals surface area contributed by atoms with E-state index in [1.54, 1.807) is 0 Å². The highest BCUT2D eigenvalue weighted by Crippen LogP contribution is 2.07. The van der Waals surface area contributed by atoms with E-state index in [0.29, 0.717) is 0 Å². The van der Waals surface area contributed by atoms with E-state index < -0.39 is 27.1 Å². The Morgan fingerprint density at radius 1 is 1.69 bits per heavy atom. The fraction of sp³-hybridized carbons (Fsp3) is 0. The minimum atomic E-state index is -4.09. The average molecular weight is 206 g/mol. The lowest BCUT2D eigenvalue weighted by molar-refractivity contribution is 0.253. The standard InChI is InChI=1S/C4H6N4O4S/c5-3(10)8-13(11,12)4-6-1-2(9)7-4/h1,9H,(H,6,7)(H3,5,8,10). The van der Waals surface area contributed by atoms with Crippen LogP contribution in [0.15, 0.2) is 11.4 Å². The fourth-order valence-corrected chi connectivity index (χ4v) is 1.40. The van der Waals surface area contributed by atoms with Crippen molar-refractivity contribution in [2.75, 3.05) is 0 Å². The fourth-order valence-electron chi connectivity index (χ4n) is 0.611. The highest BCUT2D eigenvalue weighted by molar-refractivity contribution is 7.89. The first-order valence-corrected chi connectivity index (χ1v) is 4.46. The molecule has 2 amide bonds. The van der Waals surface area contributed by atoms with Crippen LogP contribution in [-0.4, -0.2) is 29.5 Å². The van der Waals surface area contributed by atoms with Crippen molar-refractivity contribution in [3.63, 3.8) is 0 Å². The van der Waals surface area contributed by atoms with Gasteiger partial charge in [-0.15, -0.1) is 0 Å². The molecular formula is C4H6N4O4S. The van der Waals surface area contributed by atoms with Gasteiger partial charge in [0, 0.05) is 0 Å². The van der Waals surface area contributed by atoms with E-state index in [1.807, 2.05) is 4.98 Å². The highest BCUT2D eigenvalue weighted by atomic mass is 32.2. The van der Waals surface area contributed by atoms with E-state index >= 15 is 0 Å². The predicted molar refractivity (Wildman–Crippen MR) is 40.2 cm³/mol. The largest absolute Gasteiger partial charge is 0.493 e. The summed E-state index contributed by atoms with van der Waals surface area (Å²) in [5, 5.41) is 8.14. The van der Waals surface area contributed by atoms with Crippen LogP contribution in [0.1, 0.15) is 0 Å². The van der Waals surface area contributed by atoms with Gasteiger partial charge in [-0.1, -0.05) is 0 Å². The molecule has 5 N–H and O–H groups in total. The van der Waals surface area contributed by atoms with Crippen LogP contribution in [0, 0.1) is 0 Å². The van der Waals surface area contributed by atoms with E-state index in [1.165, 1.54) is 4.72 Å². The van der Waals surface area contributed by atoms with Gasteiger partial charge in [0.15, 0.2) is 0 Å². The number of primary amides is 1. The molecule has 0 aliphatic heterocycles. The van der Waals surface area contributed by atoms with Crippen LogP contribution in [0.4, 0.5) is 4.79 Å². The summed E-state index contributed by atoms with van der Waals surface area (Å²) in [5.74, 6) is -0.426. The van der Waals surface area contributed by atoms with Crippen LogP contribution in [0.3, 0.4) is 0 Å². The molecule has 0 aliphatic carbocycles. The van der Waals surface area contributed by atoms with Crippen molar-refractivity contribution in [1.82, 2.24) is 14.7 Å². The van der Waals surface area contributed by atoms with Crippen LogP contribution in [0.5, 0.6) is 5.88 Å². The van der Waals surface area contributed by atoms with Crippen LogP contribution >= 0.6 is 0 Å². The number of rotatable bonds is 2. The minimum absolute atomic E-state index is 0.426. The van der Waals surface area contributed by atoms with E-state index in [0.717, 1.165) is 6.20 Å². The molecule has 0 unspecified atom stereocenters. The smallest absolute Gasteiger partial charge is 0.326 e. The Balaban J connectivity index is 3.01. The summed E-state index contributed by atoms with van der Waals surface area (Å²) in [6.07, 6.45) is 0.884. The minimum Gasteiger partial charge on any atom is -0.493 e. The Labute approximate surface area is 72.8 Å². The molecule has 8 nitrogen and oxygen atoms in total. The molecule has 0 saturated heterocycles. The number of aromatic nitrogens is 2. The molecule has 1 rings (SSSR count). The zero-order valence-electron chi connectivity index (χ0n) is 6.18. The van der Waals surface area contributed by atoms with Crippen LogP contribution in [0.2, 0.25) is 0 Å². The summed E-state index contributed by atoms with van der Waals surface area (Å²) in [7, 11) is -4.09. The number of hydrogen-bond donors (Lipinski definition) is 4. The lowest BCUT2D eigenvalue weighted by atomic mass is 10.9. The molecule has 72 valence electrons. The summed E-state index contributed by atoms with van der Waals surface area (Å²) < 4.78 is 23.5. The van der Waals surface area contributed by atoms with Crippen molar-refractivity contribution in [1.29, 1.82) is 0 Å². The summed E-state index contributed by atoms with van der Waals surface area (Å²) in [6, 6.07) is -1.23. The normalized spacial score (nSPS) is 11.1. The number of sulfonamides is 1. The van der Waals surface area contributed by atoms with Gasteiger partial charge >= 0.3 is 6.03 Å². The molecule has 0 aliphatic rings. The third kappa shape index (κ3) is 2.08. The van der Waals surface area contributed by atoms with Crippen LogP contribution < -0.4 is 10.5 Å². The molecule has 0 atom stereocenters. The van der Waals surface area contributed by atoms with Crippen LogP contribution in [-0.2, 0) is 10.0 Å². The van der Waals surface area contributed by atoms with Crippen molar-refractivity contribution < 1.29 is 18.3 Å². The van der Waals surface area contributed by atoms with E-state index in [-0.39, 0.29) is 0 Å². The topological polar surface area (TPSA) is 138 Å². The monoisotopic (exact) mass is 206 g/mol. The second-order valence-corrected chi connectivity index (χ2v) is 3.64. The second kappa shape index (κ2) is 2.94. The van der Waals surface area contributed by atoms with E-state index in [2.05, 4.69) is 10.7 Å². The number of nitrogens with one attached hydrogen (secondary N) is 2. The van der Waals surface area contributed by atoms with Gasteiger partial charge in [0.2, 0.25) is 11.0 Å². The Kier molecular flexibility index (Phi) is 2.10. The number of hydrogen-bond acceptors (Lipinski definition) is 5. The molecular weight excluding hydrogens is 200 g/mol. The maximum Gasteiger partial charge on any atom is 0.326 e. The maximum absolute atomic E-state index is 11.0. The molecule has 0 aromatic carbocycles. The van der Waals surface area contributed by atoms with Crippen molar-refractivity contribution in [2.24, 2.45) is 5.73 Å². The molecule has 1 aromatic heterocycles. The number of aromatic amines is 1. The zero-order chi connectivity index (χ0) is 10.1. The summed E-state index contributed by atoms with van der Waals surface area (Å²) in [6.45, 7) is 0. The first-order chi connectivity index (χ1) is 5.92. The predicted octanol–water partition coefficient (Wildman–Crippen LogP) is -1.53. The van der Waals surface area contributed by atoms with Crippen molar-refractivity contribution >= 4 is 16.1 Å². The summed E-state index contributed by atoms with van der Waals surface area (Å²) >= 11 is 0. The number of nitrogens with zero attached hydrogens (tertiary/aromatic N) is 1. The van der Waals surface area contributed by atoms with E-state index in [9.17, 15) is 13.2 Å². The number of aromatic hydroxyl groups is 1. The van der Waals surface area contributed by atoms with Gasteiger partial charge < -0.3 is 10.8 Å². The SMILES string of the molecule is NC(=O)NS(=O)(=O)c1ncc(O)[nH]1. The van der Waals surface area contributed by atoms with E-state index in [4.69, 9.17) is 5.11 Å². The lowest BCUT2D eigenvalue weighted by Crippen LogP contribution is -2.35.